The lowest BCUT2D eigenvalue weighted by atomic mass is 10.2. The lowest BCUT2D eigenvalue weighted by Crippen LogP contribution is -2.20. The number of nitrogens with one attached hydrogen (secondary N) is 2. The fourth-order valence-corrected chi connectivity index (χ4v) is 1.50. The zero-order valence-electron chi connectivity index (χ0n) is 11.6. The molecule has 17 heavy (non-hydrogen) atoms. The molecule has 0 aromatic carbocycles. The SMILES string of the molecule is CCNCCOCCOCCCCCCNC. The van der Waals surface area contributed by atoms with Crippen molar-refractivity contribution in [3.63, 3.8) is 0 Å². The number of hydrogen-bond acceptors (Lipinski definition) is 4. The van der Waals surface area contributed by atoms with Crippen molar-refractivity contribution >= 4 is 0 Å². The van der Waals surface area contributed by atoms with Crippen LogP contribution < -0.4 is 10.6 Å². The topological polar surface area (TPSA) is 42.5 Å². The molecule has 0 spiro atoms. The standard InChI is InChI=1S/C13H30N2O2/c1-3-15-9-11-17-13-12-16-10-7-5-4-6-8-14-2/h14-15H,3-13H2,1-2H3. The molecule has 0 aliphatic rings. The summed E-state index contributed by atoms with van der Waals surface area (Å²) in [5.74, 6) is 0. The summed E-state index contributed by atoms with van der Waals surface area (Å²) in [7, 11) is 2.00. The lowest BCUT2D eigenvalue weighted by Gasteiger charge is -2.06. The maximum atomic E-state index is 5.49. The van der Waals surface area contributed by atoms with Crippen molar-refractivity contribution in [1.82, 2.24) is 10.6 Å². The zero-order chi connectivity index (χ0) is 12.6. The van der Waals surface area contributed by atoms with Crippen LogP contribution in [0.1, 0.15) is 32.6 Å². The van der Waals surface area contributed by atoms with Crippen molar-refractivity contribution in [2.45, 2.75) is 32.6 Å². The van der Waals surface area contributed by atoms with E-state index < -0.39 is 0 Å². The van der Waals surface area contributed by atoms with Crippen molar-refractivity contribution in [2.75, 3.05) is 53.1 Å². The van der Waals surface area contributed by atoms with Gasteiger partial charge in [0.25, 0.3) is 0 Å². The number of hydrogen-bond donors (Lipinski definition) is 2. The summed E-state index contributed by atoms with van der Waals surface area (Å²) < 4.78 is 10.9. The van der Waals surface area contributed by atoms with Gasteiger partial charge in [-0.15, -0.1) is 0 Å². The molecule has 0 amide bonds. The second-order valence-corrected chi connectivity index (χ2v) is 4.10. The van der Waals surface area contributed by atoms with Crippen molar-refractivity contribution in [3.05, 3.63) is 0 Å². The average Bonchev–Trinajstić information content (AvgIpc) is 2.35. The van der Waals surface area contributed by atoms with E-state index in [1.54, 1.807) is 0 Å². The predicted molar refractivity (Wildman–Crippen MR) is 72.6 cm³/mol. The molecule has 0 aliphatic heterocycles. The van der Waals surface area contributed by atoms with Gasteiger partial charge < -0.3 is 20.1 Å². The Morgan fingerprint density at radius 1 is 0.765 bits per heavy atom. The summed E-state index contributed by atoms with van der Waals surface area (Å²) in [5.41, 5.74) is 0. The lowest BCUT2D eigenvalue weighted by molar-refractivity contribution is 0.0475. The monoisotopic (exact) mass is 246 g/mol. The number of ether oxygens (including phenoxy) is 2. The van der Waals surface area contributed by atoms with Gasteiger partial charge in [-0.05, 0) is 33.0 Å². The van der Waals surface area contributed by atoms with Crippen LogP contribution >= 0.6 is 0 Å². The van der Waals surface area contributed by atoms with Crippen molar-refractivity contribution in [3.8, 4) is 0 Å². The third-order valence-corrected chi connectivity index (χ3v) is 2.51. The average molecular weight is 246 g/mol. The van der Waals surface area contributed by atoms with Crippen LogP contribution in [0.2, 0.25) is 0 Å². The Balaban J connectivity index is 2.85. The summed E-state index contributed by atoms with van der Waals surface area (Å²) >= 11 is 0. The highest BCUT2D eigenvalue weighted by molar-refractivity contribution is 4.45. The van der Waals surface area contributed by atoms with Gasteiger partial charge in [0.1, 0.15) is 0 Å². The van der Waals surface area contributed by atoms with E-state index in [4.69, 9.17) is 9.47 Å². The second-order valence-electron chi connectivity index (χ2n) is 4.10. The molecule has 0 saturated carbocycles. The van der Waals surface area contributed by atoms with Gasteiger partial charge in [0.2, 0.25) is 0 Å². The molecular weight excluding hydrogens is 216 g/mol. The van der Waals surface area contributed by atoms with Gasteiger partial charge >= 0.3 is 0 Å². The van der Waals surface area contributed by atoms with Gasteiger partial charge in [-0.25, -0.2) is 0 Å². The second kappa shape index (κ2) is 15.8. The fourth-order valence-electron chi connectivity index (χ4n) is 1.50. The molecule has 0 aromatic heterocycles. The Labute approximate surface area is 106 Å². The van der Waals surface area contributed by atoms with Crippen LogP contribution in [0.15, 0.2) is 0 Å². The van der Waals surface area contributed by atoms with Crippen LogP contribution in [0.4, 0.5) is 0 Å². The van der Waals surface area contributed by atoms with Crippen molar-refractivity contribution < 1.29 is 9.47 Å². The molecule has 4 nitrogen and oxygen atoms in total. The quantitative estimate of drug-likeness (QED) is 0.455. The molecule has 4 heteroatoms. The van der Waals surface area contributed by atoms with Crippen LogP contribution in [0.25, 0.3) is 0 Å². The van der Waals surface area contributed by atoms with Crippen LogP contribution in [-0.4, -0.2) is 53.1 Å². The Bertz CT molecular complexity index is 121. The van der Waals surface area contributed by atoms with E-state index in [9.17, 15) is 0 Å². The molecule has 0 saturated heterocycles. The zero-order valence-corrected chi connectivity index (χ0v) is 11.6. The molecule has 0 atom stereocenters. The van der Waals surface area contributed by atoms with Crippen LogP contribution in [0.5, 0.6) is 0 Å². The first-order valence-corrected chi connectivity index (χ1v) is 6.92. The minimum absolute atomic E-state index is 0.713. The molecule has 0 fully saturated rings. The fraction of sp³-hybridized carbons (Fsp3) is 1.00. The molecule has 0 aromatic rings. The first kappa shape index (κ1) is 16.8. The smallest absolute Gasteiger partial charge is 0.0701 e. The highest BCUT2D eigenvalue weighted by Gasteiger charge is 1.92. The van der Waals surface area contributed by atoms with Crippen molar-refractivity contribution in [1.29, 1.82) is 0 Å². The van der Waals surface area contributed by atoms with Gasteiger partial charge in [0, 0.05) is 13.2 Å². The van der Waals surface area contributed by atoms with E-state index in [1.807, 2.05) is 7.05 Å². The summed E-state index contributed by atoms with van der Waals surface area (Å²) in [6.45, 7) is 8.25. The van der Waals surface area contributed by atoms with Gasteiger partial charge in [-0.3, -0.25) is 0 Å². The van der Waals surface area contributed by atoms with E-state index in [0.717, 1.165) is 39.5 Å². The third kappa shape index (κ3) is 15.8. The Kier molecular flexibility index (Phi) is 15.7. The third-order valence-electron chi connectivity index (χ3n) is 2.51. The highest BCUT2D eigenvalue weighted by atomic mass is 16.5. The summed E-state index contributed by atoms with van der Waals surface area (Å²) in [5, 5.41) is 6.37. The van der Waals surface area contributed by atoms with Gasteiger partial charge in [0.15, 0.2) is 0 Å². The predicted octanol–water partition coefficient (Wildman–Crippen LogP) is 1.41. The number of rotatable bonds is 14. The first-order valence-electron chi connectivity index (χ1n) is 6.92. The summed E-state index contributed by atoms with van der Waals surface area (Å²) in [6, 6.07) is 0. The number of unbranched alkanes of at least 4 members (excludes halogenated alkanes) is 3. The first-order chi connectivity index (χ1) is 8.41. The van der Waals surface area contributed by atoms with E-state index in [-0.39, 0.29) is 0 Å². The molecule has 0 heterocycles. The Morgan fingerprint density at radius 3 is 2.18 bits per heavy atom. The minimum atomic E-state index is 0.713. The van der Waals surface area contributed by atoms with Gasteiger partial charge in [0.05, 0.1) is 19.8 Å². The van der Waals surface area contributed by atoms with E-state index in [1.165, 1.54) is 25.7 Å². The molecule has 0 bridgehead atoms. The molecular formula is C13H30N2O2. The molecule has 0 unspecified atom stereocenters. The maximum Gasteiger partial charge on any atom is 0.0701 e. The van der Waals surface area contributed by atoms with Gasteiger partial charge in [-0.2, -0.15) is 0 Å². The summed E-state index contributed by atoms with van der Waals surface area (Å²) in [6.07, 6.45) is 5.00. The van der Waals surface area contributed by atoms with Gasteiger partial charge in [-0.1, -0.05) is 19.8 Å². The molecule has 104 valence electrons. The molecule has 0 aliphatic carbocycles. The van der Waals surface area contributed by atoms with Crippen LogP contribution in [0.3, 0.4) is 0 Å². The maximum absolute atomic E-state index is 5.49. The van der Waals surface area contributed by atoms with E-state index >= 15 is 0 Å². The van der Waals surface area contributed by atoms with Crippen LogP contribution in [-0.2, 0) is 9.47 Å². The van der Waals surface area contributed by atoms with Crippen LogP contribution in [0, 0.1) is 0 Å². The molecule has 0 radical (unpaired) electrons. The van der Waals surface area contributed by atoms with Crippen molar-refractivity contribution in [2.24, 2.45) is 0 Å². The van der Waals surface area contributed by atoms with E-state index in [2.05, 4.69) is 17.6 Å². The normalized spacial score (nSPS) is 10.9. The summed E-state index contributed by atoms with van der Waals surface area (Å²) in [4.78, 5) is 0. The van der Waals surface area contributed by atoms with E-state index in [0.29, 0.717) is 6.61 Å². The largest absolute Gasteiger partial charge is 0.379 e. The molecule has 0 rings (SSSR count). The highest BCUT2D eigenvalue weighted by Crippen LogP contribution is 1.98. The minimum Gasteiger partial charge on any atom is -0.379 e. The number of likely N-dealkylation sites (N-methyl/N-ethyl adjacent to an activating group) is 1. The molecule has 2 N–H and O–H groups in total. The Hall–Kier alpha value is -0.160. The Morgan fingerprint density at radius 2 is 1.47 bits per heavy atom.